The Bertz CT molecular complexity index is 615. The quantitative estimate of drug-likeness (QED) is 0.544. The fraction of sp³-hybridized carbons (Fsp3) is 0.308. The molecule has 0 aliphatic carbocycles. The lowest BCUT2D eigenvalue weighted by Gasteiger charge is -2.11. The van der Waals surface area contributed by atoms with Gasteiger partial charge in [0.25, 0.3) is 5.91 Å². The van der Waals surface area contributed by atoms with Crippen molar-refractivity contribution in [2.45, 2.75) is 26.3 Å². The molecular weight excluding hydrogens is 270 g/mol. The van der Waals surface area contributed by atoms with Crippen molar-refractivity contribution in [2.24, 2.45) is 5.84 Å². The van der Waals surface area contributed by atoms with Crippen molar-refractivity contribution in [2.75, 3.05) is 5.43 Å². The van der Waals surface area contributed by atoms with Gasteiger partial charge in [0.05, 0.1) is 24.1 Å². The second kappa shape index (κ2) is 6.71. The minimum Gasteiger partial charge on any atom is -0.345 e. The lowest BCUT2D eigenvalue weighted by Crippen LogP contribution is -2.27. The van der Waals surface area contributed by atoms with Crippen LogP contribution < -0.4 is 16.6 Å². The normalized spacial score (nSPS) is 10.5. The molecule has 0 saturated heterocycles. The SMILES string of the molecule is CC(C)c1ncc(NN)c(C(=O)NCc2cccnn2)n1. The van der Waals surface area contributed by atoms with Crippen LogP contribution in [0.1, 0.15) is 41.8 Å². The van der Waals surface area contributed by atoms with E-state index >= 15 is 0 Å². The zero-order valence-electron chi connectivity index (χ0n) is 11.9. The third-order valence-corrected chi connectivity index (χ3v) is 2.75. The van der Waals surface area contributed by atoms with Crippen LogP contribution in [0.15, 0.2) is 24.5 Å². The highest BCUT2D eigenvalue weighted by Crippen LogP contribution is 2.15. The van der Waals surface area contributed by atoms with Gasteiger partial charge < -0.3 is 10.7 Å². The Hall–Kier alpha value is -2.61. The van der Waals surface area contributed by atoms with Gasteiger partial charge in [-0.05, 0) is 12.1 Å². The molecule has 0 aromatic carbocycles. The molecule has 0 aliphatic heterocycles. The summed E-state index contributed by atoms with van der Waals surface area (Å²) >= 11 is 0. The molecule has 0 unspecified atom stereocenters. The third kappa shape index (κ3) is 3.69. The summed E-state index contributed by atoms with van der Waals surface area (Å²) in [6.45, 7) is 4.16. The zero-order chi connectivity index (χ0) is 15.2. The van der Waals surface area contributed by atoms with Gasteiger partial charge in [0.2, 0.25) is 0 Å². The Kier molecular flexibility index (Phi) is 4.72. The molecule has 0 saturated carbocycles. The minimum atomic E-state index is -0.349. The van der Waals surface area contributed by atoms with Crippen LogP contribution in [0.3, 0.4) is 0 Å². The molecule has 0 aliphatic rings. The summed E-state index contributed by atoms with van der Waals surface area (Å²) in [4.78, 5) is 20.6. The van der Waals surface area contributed by atoms with Gasteiger partial charge in [-0.2, -0.15) is 10.2 Å². The highest BCUT2D eigenvalue weighted by atomic mass is 16.1. The average Bonchev–Trinajstić information content (AvgIpc) is 2.52. The first kappa shape index (κ1) is 14.8. The first-order valence-corrected chi connectivity index (χ1v) is 6.50. The molecule has 0 fully saturated rings. The molecule has 110 valence electrons. The molecule has 0 spiro atoms. The lowest BCUT2D eigenvalue weighted by atomic mass is 10.2. The highest BCUT2D eigenvalue weighted by Gasteiger charge is 2.16. The summed E-state index contributed by atoms with van der Waals surface area (Å²) < 4.78 is 0. The number of hydrazine groups is 1. The van der Waals surface area contributed by atoms with Gasteiger partial charge in [0, 0.05) is 12.1 Å². The number of carbonyl (C=O) groups excluding carboxylic acids is 1. The number of nitrogen functional groups attached to an aromatic ring is 1. The Balaban J connectivity index is 2.15. The molecule has 0 radical (unpaired) electrons. The number of amides is 1. The average molecular weight is 287 g/mol. The van der Waals surface area contributed by atoms with Crippen molar-refractivity contribution < 1.29 is 4.79 Å². The number of carbonyl (C=O) groups is 1. The van der Waals surface area contributed by atoms with Crippen LogP contribution in [0.25, 0.3) is 0 Å². The van der Waals surface area contributed by atoms with Crippen LogP contribution in [0.4, 0.5) is 5.69 Å². The zero-order valence-corrected chi connectivity index (χ0v) is 11.9. The number of anilines is 1. The lowest BCUT2D eigenvalue weighted by molar-refractivity contribution is 0.0945. The van der Waals surface area contributed by atoms with E-state index in [-0.39, 0.29) is 24.1 Å². The maximum absolute atomic E-state index is 12.2. The van der Waals surface area contributed by atoms with Crippen LogP contribution in [0.2, 0.25) is 0 Å². The Labute approximate surface area is 122 Å². The predicted octanol–water partition coefficient (Wildman–Crippen LogP) is 0.606. The van der Waals surface area contributed by atoms with Crippen LogP contribution in [0, 0.1) is 0 Å². The maximum atomic E-state index is 12.2. The van der Waals surface area contributed by atoms with Crippen molar-refractivity contribution in [3.8, 4) is 0 Å². The second-order valence-corrected chi connectivity index (χ2v) is 4.69. The number of aromatic nitrogens is 4. The van der Waals surface area contributed by atoms with Crippen molar-refractivity contribution in [3.05, 3.63) is 41.7 Å². The van der Waals surface area contributed by atoms with E-state index in [2.05, 4.69) is 30.9 Å². The fourth-order valence-corrected chi connectivity index (χ4v) is 1.63. The van der Waals surface area contributed by atoms with Crippen molar-refractivity contribution in [1.29, 1.82) is 0 Å². The van der Waals surface area contributed by atoms with E-state index in [1.165, 1.54) is 6.20 Å². The van der Waals surface area contributed by atoms with Crippen LogP contribution in [0.5, 0.6) is 0 Å². The molecule has 8 heteroatoms. The van der Waals surface area contributed by atoms with Gasteiger partial charge in [-0.1, -0.05) is 13.8 Å². The number of nitrogens with one attached hydrogen (secondary N) is 2. The van der Waals surface area contributed by atoms with Crippen LogP contribution >= 0.6 is 0 Å². The number of nitrogens with zero attached hydrogens (tertiary/aromatic N) is 4. The number of hydrogen-bond acceptors (Lipinski definition) is 7. The van der Waals surface area contributed by atoms with Crippen molar-refractivity contribution >= 4 is 11.6 Å². The van der Waals surface area contributed by atoms with Gasteiger partial charge in [-0.3, -0.25) is 10.6 Å². The number of hydrogen-bond donors (Lipinski definition) is 3. The topological polar surface area (TPSA) is 119 Å². The monoisotopic (exact) mass is 287 g/mol. The molecule has 1 amide bonds. The molecule has 0 atom stereocenters. The summed E-state index contributed by atoms with van der Waals surface area (Å²) in [5.41, 5.74) is 3.67. The van der Waals surface area contributed by atoms with Gasteiger partial charge in [-0.25, -0.2) is 9.97 Å². The summed E-state index contributed by atoms with van der Waals surface area (Å²) in [5.74, 6) is 5.74. The standard InChI is InChI=1S/C13H17N7O/c1-8(2)12-15-7-10(19-14)11(18-12)13(21)16-6-9-4-3-5-17-20-9/h3-5,7-8,19H,6,14H2,1-2H3,(H,16,21). The Morgan fingerprint density at radius 3 is 2.86 bits per heavy atom. The molecule has 8 nitrogen and oxygen atoms in total. The molecule has 2 aromatic rings. The molecule has 21 heavy (non-hydrogen) atoms. The number of rotatable bonds is 5. The smallest absolute Gasteiger partial charge is 0.272 e. The second-order valence-electron chi connectivity index (χ2n) is 4.69. The Morgan fingerprint density at radius 1 is 1.43 bits per heavy atom. The summed E-state index contributed by atoms with van der Waals surface area (Å²) in [6.07, 6.45) is 3.07. The van der Waals surface area contributed by atoms with Gasteiger partial charge >= 0.3 is 0 Å². The molecule has 4 N–H and O–H groups in total. The van der Waals surface area contributed by atoms with Crippen molar-refractivity contribution in [3.63, 3.8) is 0 Å². The summed E-state index contributed by atoms with van der Waals surface area (Å²) in [6, 6.07) is 3.53. The molecule has 0 bridgehead atoms. The van der Waals surface area contributed by atoms with Crippen molar-refractivity contribution in [1.82, 2.24) is 25.5 Å². The van der Waals surface area contributed by atoms with Crippen LogP contribution in [-0.4, -0.2) is 26.1 Å². The number of nitrogens with two attached hydrogens (primary N) is 1. The summed E-state index contributed by atoms with van der Waals surface area (Å²) in [5, 5.41) is 10.4. The van der Waals surface area contributed by atoms with E-state index < -0.39 is 0 Å². The maximum Gasteiger partial charge on any atom is 0.272 e. The van der Waals surface area contributed by atoms with E-state index in [0.717, 1.165) is 0 Å². The van der Waals surface area contributed by atoms with Gasteiger partial charge in [-0.15, -0.1) is 0 Å². The van der Waals surface area contributed by atoms with E-state index in [1.807, 2.05) is 13.8 Å². The molecule has 2 heterocycles. The third-order valence-electron chi connectivity index (χ3n) is 2.75. The first-order chi connectivity index (χ1) is 10.1. The molecule has 2 aromatic heterocycles. The van der Waals surface area contributed by atoms with E-state index in [1.54, 1.807) is 18.3 Å². The van der Waals surface area contributed by atoms with E-state index in [9.17, 15) is 4.79 Å². The van der Waals surface area contributed by atoms with Gasteiger partial charge in [0.1, 0.15) is 5.82 Å². The highest BCUT2D eigenvalue weighted by molar-refractivity contribution is 5.97. The summed E-state index contributed by atoms with van der Waals surface area (Å²) in [7, 11) is 0. The van der Waals surface area contributed by atoms with Crippen LogP contribution in [-0.2, 0) is 6.54 Å². The van der Waals surface area contributed by atoms with E-state index in [4.69, 9.17) is 5.84 Å². The van der Waals surface area contributed by atoms with E-state index in [0.29, 0.717) is 17.2 Å². The predicted molar refractivity (Wildman–Crippen MR) is 77.1 cm³/mol. The fourth-order valence-electron chi connectivity index (χ4n) is 1.63. The Morgan fingerprint density at radius 2 is 2.24 bits per heavy atom. The largest absolute Gasteiger partial charge is 0.345 e. The molecular formula is C13H17N7O. The first-order valence-electron chi connectivity index (χ1n) is 6.50. The van der Waals surface area contributed by atoms with Gasteiger partial charge in [0.15, 0.2) is 5.69 Å². The molecule has 2 rings (SSSR count). The minimum absolute atomic E-state index is 0.114.